The van der Waals surface area contributed by atoms with E-state index in [4.69, 9.17) is 17.0 Å². The molecule has 0 saturated heterocycles. The largest absolute Gasteiger partial charge is 0.482 e. The highest BCUT2D eigenvalue weighted by Gasteiger charge is 2.41. The van der Waals surface area contributed by atoms with E-state index in [2.05, 4.69) is 50.6 Å². The topological polar surface area (TPSA) is 29.5 Å². The van der Waals surface area contributed by atoms with Crippen LogP contribution in [0, 0.1) is 0 Å². The van der Waals surface area contributed by atoms with E-state index in [0.29, 0.717) is 11.3 Å². The molecule has 0 radical (unpaired) electrons. The molecule has 7 heteroatoms. The highest BCUT2D eigenvalue weighted by atomic mass is 79.9. The van der Waals surface area contributed by atoms with E-state index >= 15 is 0 Å². The maximum atomic E-state index is 13.4. The van der Waals surface area contributed by atoms with Crippen LogP contribution in [-0.4, -0.2) is 33.3 Å². The van der Waals surface area contributed by atoms with Crippen LogP contribution in [0.25, 0.3) is 0 Å². The molecule has 0 N–H and O–H groups in total. The highest BCUT2D eigenvalue weighted by molar-refractivity contribution is 9.11. The molecule has 2 aromatic carbocycles. The van der Waals surface area contributed by atoms with Gasteiger partial charge in [-0.2, -0.15) is 0 Å². The quantitative estimate of drug-likeness (QED) is 0.437. The third-order valence-corrected chi connectivity index (χ3v) is 7.20. The Morgan fingerprint density at radius 2 is 1.85 bits per heavy atom. The number of thioether (sulfide) groups is 1. The van der Waals surface area contributed by atoms with Crippen LogP contribution in [-0.2, 0) is 0 Å². The summed E-state index contributed by atoms with van der Waals surface area (Å²) in [7, 11) is 0. The Bertz CT molecular complexity index is 857. The molecule has 27 heavy (non-hydrogen) atoms. The summed E-state index contributed by atoms with van der Waals surface area (Å²) < 4.78 is 8.66. The van der Waals surface area contributed by atoms with Crippen LogP contribution in [0.3, 0.4) is 0 Å². The first-order valence-electron chi connectivity index (χ1n) is 8.66. The molecule has 0 fully saturated rings. The summed E-state index contributed by atoms with van der Waals surface area (Å²) in [5.74, 6) is 0.620. The summed E-state index contributed by atoms with van der Waals surface area (Å²) in [5.41, 5.74) is 1.54. The van der Waals surface area contributed by atoms with Crippen molar-refractivity contribution >= 4 is 65.9 Å². The van der Waals surface area contributed by atoms with Crippen molar-refractivity contribution in [3.05, 3.63) is 62.5 Å². The number of carbonyl (C=O) groups excluding carboxylic acids is 1. The zero-order valence-electron chi connectivity index (χ0n) is 14.9. The average molecular weight is 529 g/mol. The third kappa shape index (κ3) is 4.42. The Hall–Kier alpha value is -0.890. The van der Waals surface area contributed by atoms with E-state index in [1.807, 2.05) is 42.5 Å². The van der Waals surface area contributed by atoms with Crippen molar-refractivity contribution in [2.75, 3.05) is 13.1 Å². The summed E-state index contributed by atoms with van der Waals surface area (Å²) in [5, 5.41) is -0.436. The monoisotopic (exact) mass is 527 g/mol. The van der Waals surface area contributed by atoms with Crippen molar-refractivity contribution < 1.29 is 9.53 Å². The number of nitrogens with zero attached hydrogens (tertiary/aromatic N) is 1. The molecule has 0 bridgehead atoms. The van der Waals surface area contributed by atoms with E-state index in [1.165, 1.54) is 11.8 Å². The van der Waals surface area contributed by atoms with Crippen molar-refractivity contribution in [3.8, 4) is 5.75 Å². The van der Waals surface area contributed by atoms with E-state index < -0.39 is 11.4 Å². The number of thiocarbonyl (C=S) groups is 1. The Labute approximate surface area is 186 Å². The molecule has 142 valence electrons. The molecule has 0 amide bonds. The summed E-state index contributed by atoms with van der Waals surface area (Å²) in [6.07, 6.45) is -0.401. The minimum atomic E-state index is -0.436. The molecule has 3 nitrogen and oxygen atoms in total. The van der Waals surface area contributed by atoms with Gasteiger partial charge in [0.1, 0.15) is 21.4 Å². The van der Waals surface area contributed by atoms with Gasteiger partial charge in [-0.1, -0.05) is 70.2 Å². The van der Waals surface area contributed by atoms with Gasteiger partial charge < -0.3 is 9.64 Å². The second-order valence-corrected chi connectivity index (χ2v) is 9.60. The van der Waals surface area contributed by atoms with Gasteiger partial charge in [-0.25, -0.2) is 0 Å². The molecule has 0 aromatic heterocycles. The maximum Gasteiger partial charge on any atom is 0.184 e. The summed E-state index contributed by atoms with van der Waals surface area (Å²) >= 11 is 14.0. The average Bonchev–Trinajstić information content (AvgIpc) is 2.66. The van der Waals surface area contributed by atoms with Crippen LogP contribution in [0.2, 0.25) is 0 Å². The van der Waals surface area contributed by atoms with Crippen LogP contribution in [0.4, 0.5) is 0 Å². The SMILES string of the molecule is CCN(CC)C(=S)S[C@@H]1C(=O)c2cc(Br)cc(Br)c2O[C@@H]1c1ccccc1. The Morgan fingerprint density at radius 1 is 1.19 bits per heavy atom. The number of benzene rings is 2. The van der Waals surface area contributed by atoms with Crippen molar-refractivity contribution in [3.63, 3.8) is 0 Å². The number of hydrogen-bond donors (Lipinski definition) is 0. The molecular formula is C20H19Br2NO2S2. The Morgan fingerprint density at radius 3 is 2.48 bits per heavy atom. The lowest BCUT2D eigenvalue weighted by atomic mass is 9.96. The smallest absolute Gasteiger partial charge is 0.184 e. The maximum absolute atomic E-state index is 13.4. The Balaban J connectivity index is 2.03. The van der Waals surface area contributed by atoms with Crippen LogP contribution in [0.1, 0.15) is 35.9 Å². The summed E-state index contributed by atoms with van der Waals surface area (Å²) in [6, 6.07) is 13.6. The molecule has 3 rings (SSSR count). The minimum absolute atomic E-state index is 0.0339. The van der Waals surface area contributed by atoms with Crippen LogP contribution < -0.4 is 4.74 Å². The van der Waals surface area contributed by atoms with Gasteiger partial charge in [0.25, 0.3) is 0 Å². The normalized spacial score (nSPS) is 18.6. The van der Waals surface area contributed by atoms with Gasteiger partial charge in [0.2, 0.25) is 0 Å². The fourth-order valence-electron chi connectivity index (χ4n) is 3.01. The number of carbonyl (C=O) groups is 1. The zero-order valence-corrected chi connectivity index (χ0v) is 19.8. The molecule has 0 saturated carbocycles. The van der Waals surface area contributed by atoms with Gasteiger partial charge >= 0.3 is 0 Å². The lowest BCUT2D eigenvalue weighted by molar-refractivity contribution is 0.0866. The van der Waals surface area contributed by atoms with E-state index in [0.717, 1.165) is 31.9 Å². The lowest BCUT2D eigenvalue weighted by Gasteiger charge is -2.34. The summed E-state index contributed by atoms with van der Waals surface area (Å²) in [4.78, 5) is 15.5. The van der Waals surface area contributed by atoms with Crippen molar-refractivity contribution in [2.45, 2.75) is 25.2 Å². The predicted octanol–water partition coefficient (Wildman–Crippen LogP) is 6.26. The van der Waals surface area contributed by atoms with Crippen molar-refractivity contribution in [1.82, 2.24) is 4.90 Å². The summed E-state index contributed by atoms with van der Waals surface area (Å²) in [6.45, 7) is 5.75. The van der Waals surface area contributed by atoms with E-state index in [1.54, 1.807) is 0 Å². The van der Waals surface area contributed by atoms with Crippen LogP contribution >= 0.6 is 55.8 Å². The standard InChI is InChI=1S/C20H19Br2NO2S2/c1-3-23(4-2)20(26)27-19-16(24)14-10-13(21)11-15(22)18(14)25-17(19)12-8-6-5-7-9-12/h5-11,17,19H,3-4H2,1-2H3/t17-,19-/m1/s1. The molecular weight excluding hydrogens is 510 g/mol. The molecule has 0 aliphatic carbocycles. The second-order valence-electron chi connectivity index (χ2n) is 6.05. The van der Waals surface area contributed by atoms with E-state index in [9.17, 15) is 4.79 Å². The molecule has 1 aliphatic heterocycles. The number of ether oxygens (including phenoxy) is 1. The molecule has 2 atom stereocenters. The first kappa shape index (κ1) is 20.8. The van der Waals surface area contributed by atoms with Crippen molar-refractivity contribution in [1.29, 1.82) is 0 Å². The fraction of sp³-hybridized carbons (Fsp3) is 0.300. The lowest BCUT2D eigenvalue weighted by Crippen LogP contribution is -2.37. The Kier molecular flexibility index (Phi) is 7.00. The van der Waals surface area contributed by atoms with Gasteiger partial charge in [-0.15, -0.1) is 0 Å². The predicted molar refractivity (Wildman–Crippen MR) is 123 cm³/mol. The van der Waals surface area contributed by atoms with E-state index in [-0.39, 0.29) is 5.78 Å². The van der Waals surface area contributed by atoms with Crippen LogP contribution in [0.5, 0.6) is 5.75 Å². The fourth-order valence-corrected chi connectivity index (χ4v) is 6.09. The zero-order chi connectivity index (χ0) is 19.6. The van der Waals surface area contributed by atoms with Gasteiger partial charge in [-0.05, 0) is 47.5 Å². The molecule has 1 aliphatic rings. The number of fused-ring (bicyclic) bond motifs is 1. The van der Waals surface area contributed by atoms with Crippen LogP contribution in [0.15, 0.2) is 51.4 Å². The second kappa shape index (κ2) is 9.07. The first-order valence-corrected chi connectivity index (χ1v) is 11.5. The minimum Gasteiger partial charge on any atom is -0.482 e. The third-order valence-electron chi connectivity index (χ3n) is 4.43. The van der Waals surface area contributed by atoms with Gasteiger partial charge in [0, 0.05) is 17.6 Å². The molecule has 1 heterocycles. The van der Waals surface area contributed by atoms with Crippen molar-refractivity contribution in [2.24, 2.45) is 0 Å². The number of halogens is 2. The molecule has 2 aromatic rings. The van der Waals surface area contributed by atoms with Gasteiger partial charge in [-0.3, -0.25) is 4.79 Å². The highest BCUT2D eigenvalue weighted by Crippen LogP contribution is 2.45. The number of ketones is 1. The van der Waals surface area contributed by atoms with Gasteiger partial charge in [0.15, 0.2) is 5.78 Å². The molecule has 0 spiro atoms. The first-order chi connectivity index (χ1) is 13.0. The van der Waals surface area contributed by atoms with Gasteiger partial charge in [0.05, 0.1) is 10.0 Å². The number of hydrogen-bond acceptors (Lipinski definition) is 4. The molecule has 0 unspecified atom stereocenters. The number of Topliss-reactive ketones (excluding diaryl/α,β-unsaturated/α-hetero) is 1. The number of rotatable bonds is 4.